The maximum Gasteiger partial charge on any atom is 0.239 e. The number of halogens is 1. The molecule has 0 aromatic carbocycles. The smallest absolute Gasteiger partial charge is 0.239 e. The maximum atomic E-state index is 12.3. The maximum absolute atomic E-state index is 12.3. The van der Waals surface area contributed by atoms with Gasteiger partial charge in [0.05, 0.1) is 12.6 Å². The van der Waals surface area contributed by atoms with Gasteiger partial charge >= 0.3 is 0 Å². The molecule has 2 rings (SSSR count). The Hall–Kier alpha value is -0.500. The Morgan fingerprint density at radius 1 is 1.15 bits per heavy atom. The SMILES string of the molecule is CSCC[C@H](N)C(=O)N1CCN(CC(=O)NC2CCC(C)CC2)CC1.Cl. The lowest BCUT2D eigenvalue weighted by Gasteiger charge is -2.36. The molecule has 1 saturated heterocycles. The zero-order valence-electron chi connectivity index (χ0n) is 16.1. The highest BCUT2D eigenvalue weighted by Crippen LogP contribution is 2.23. The number of thioether (sulfide) groups is 1. The van der Waals surface area contributed by atoms with Gasteiger partial charge in [0.2, 0.25) is 11.8 Å². The molecule has 6 nitrogen and oxygen atoms in total. The number of nitrogens with one attached hydrogen (secondary N) is 1. The van der Waals surface area contributed by atoms with Crippen molar-refractivity contribution in [2.24, 2.45) is 11.7 Å². The first-order valence-electron chi connectivity index (χ1n) is 9.54. The van der Waals surface area contributed by atoms with E-state index in [4.69, 9.17) is 5.73 Å². The van der Waals surface area contributed by atoms with Crippen LogP contribution in [-0.2, 0) is 9.59 Å². The molecule has 1 heterocycles. The lowest BCUT2D eigenvalue weighted by molar-refractivity contribution is -0.134. The van der Waals surface area contributed by atoms with Crippen LogP contribution in [0.15, 0.2) is 0 Å². The molecule has 8 heteroatoms. The van der Waals surface area contributed by atoms with Gasteiger partial charge in [0.1, 0.15) is 0 Å². The molecule has 1 aliphatic carbocycles. The number of nitrogens with zero attached hydrogens (tertiary/aromatic N) is 2. The molecular formula is C18H35ClN4O2S. The first-order chi connectivity index (χ1) is 12.0. The van der Waals surface area contributed by atoms with E-state index >= 15 is 0 Å². The van der Waals surface area contributed by atoms with Crippen molar-refractivity contribution >= 4 is 36.0 Å². The lowest BCUT2D eigenvalue weighted by Crippen LogP contribution is -2.55. The van der Waals surface area contributed by atoms with E-state index in [9.17, 15) is 9.59 Å². The molecule has 0 aromatic heterocycles. The van der Waals surface area contributed by atoms with E-state index in [-0.39, 0.29) is 24.2 Å². The van der Waals surface area contributed by atoms with E-state index in [0.29, 0.717) is 25.7 Å². The van der Waals surface area contributed by atoms with Crippen LogP contribution in [0.3, 0.4) is 0 Å². The Bertz CT molecular complexity index is 439. The number of hydrogen-bond donors (Lipinski definition) is 2. The van der Waals surface area contributed by atoms with Crippen molar-refractivity contribution in [3.8, 4) is 0 Å². The Morgan fingerprint density at radius 2 is 1.77 bits per heavy atom. The van der Waals surface area contributed by atoms with Crippen LogP contribution in [0.25, 0.3) is 0 Å². The fraction of sp³-hybridized carbons (Fsp3) is 0.889. The first-order valence-corrected chi connectivity index (χ1v) is 10.9. The fourth-order valence-corrected chi connectivity index (χ4v) is 4.10. The molecule has 0 spiro atoms. The van der Waals surface area contributed by atoms with Gasteiger partial charge in [-0.05, 0) is 50.0 Å². The largest absolute Gasteiger partial charge is 0.352 e. The summed E-state index contributed by atoms with van der Waals surface area (Å²) < 4.78 is 0. The third-order valence-corrected chi connectivity index (χ3v) is 6.03. The second-order valence-electron chi connectivity index (χ2n) is 7.51. The van der Waals surface area contributed by atoms with Gasteiger partial charge < -0.3 is 16.0 Å². The summed E-state index contributed by atoms with van der Waals surface area (Å²) in [5, 5.41) is 3.18. The molecule has 1 atom stereocenters. The van der Waals surface area contributed by atoms with E-state index in [0.717, 1.165) is 44.0 Å². The molecule has 2 aliphatic rings. The summed E-state index contributed by atoms with van der Waals surface area (Å²) in [5.41, 5.74) is 5.98. The molecule has 2 amide bonds. The van der Waals surface area contributed by atoms with Gasteiger partial charge in [-0.1, -0.05) is 6.92 Å². The van der Waals surface area contributed by atoms with E-state index in [1.54, 1.807) is 11.8 Å². The summed E-state index contributed by atoms with van der Waals surface area (Å²) in [4.78, 5) is 28.5. The van der Waals surface area contributed by atoms with Crippen LogP contribution in [0.1, 0.15) is 39.0 Å². The van der Waals surface area contributed by atoms with Crippen molar-refractivity contribution in [3.63, 3.8) is 0 Å². The van der Waals surface area contributed by atoms with E-state index in [1.807, 2.05) is 11.2 Å². The van der Waals surface area contributed by atoms with Gasteiger partial charge in [0, 0.05) is 32.2 Å². The van der Waals surface area contributed by atoms with Crippen molar-refractivity contribution in [3.05, 3.63) is 0 Å². The Labute approximate surface area is 168 Å². The molecule has 26 heavy (non-hydrogen) atoms. The van der Waals surface area contributed by atoms with Crippen molar-refractivity contribution in [1.82, 2.24) is 15.1 Å². The van der Waals surface area contributed by atoms with Crippen LogP contribution >= 0.6 is 24.2 Å². The van der Waals surface area contributed by atoms with Crippen molar-refractivity contribution in [2.75, 3.05) is 44.7 Å². The molecule has 0 aromatic rings. The Kier molecular flexibility index (Phi) is 10.9. The van der Waals surface area contributed by atoms with Crippen LogP contribution in [0.2, 0.25) is 0 Å². The fourth-order valence-electron chi connectivity index (χ4n) is 3.61. The molecule has 0 unspecified atom stereocenters. The quantitative estimate of drug-likeness (QED) is 0.666. The third-order valence-electron chi connectivity index (χ3n) is 5.38. The van der Waals surface area contributed by atoms with Crippen LogP contribution in [-0.4, -0.2) is 78.4 Å². The molecule has 2 fully saturated rings. The topological polar surface area (TPSA) is 78.7 Å². The molecule has 1 saturated carbocycles. The molecule has 0 bridgehead atoms. The Balaban J connectivity index is 0.00000338. The van der Waals surface area contributed by atoms with Crippen molar-refractivity contribution in [2.45, 2.75) is 51.1 Å². The molecule has 3 N–H and O–H groups in total. The Morgan fingerprint density at radius 3 is 2.35 bits per heavy atom. The monoisotopic (exact) mass is 406 g/mol. The number of carbonyl (C=O) groups is 2. The number of nitrogens with two attached hydrogens (primary N) is 1. The highest BCUT2D eigenvalue weighted by Gasteiger charge is 2.26. The van der Waals surface area contributed by atoms with Crippen LogP contribution in [0.4, 0.5) is 0 Å². The van der Waals surface area contributed by atoms with Gasteiger partial charge in [0.15, 0.2) is 0 Å². The molecule has 1 aliphatic heterocycles. The minimum atomic E-state index is -0.393. The summed E-state index contributed by atoms with van der Waals surface area (Å²) in [6.45, 7) is 5.55. The van der Waals surface area contributed by atoms with E-state index < -0.39 is 6.04 Å². The van der Waals surface area contributed by atoms with E-state index in [2.05, 4.69) is 17.1 Å². The van der Waals surface area contributed by atoms with E-state index in [1.165, 1.54) is 12.8 Å². The van der Waals surface area contributed by atoms with Gasteiger partial charge in [0.25, 0.3) is 0 Å². The average molecular weight is 407 g/mol. The number of rotatable bonds is 7. The van der Waals surface area contributed by atoms with Crippen molar-refractivity contribution < 1.29 is 9.59 Å². The molecular weight excluding hydrogens is 372 g/mol. The number of amides is 2. The zero-order valence-corrected chi connectivity index (χ0v) is 17.7. The summed E-state index contributed by atoms with van der Waals surface area (Å²) >= 11 is 1.71. The summed E-state index contributed by atoms with van der Waals surface area (Å²) in [5.74, 6) is 1.87. The number of piperazine rings is 1. The summed E-state index contributed by atoms with van der Waals surface area (Å²) in [6, 6.07) is -0.0445. The van der Waals surface area contributed by atoms with Crippen molar-refractivity contribution in [1.29, 1.82) is 0 Å². The third kappa shape index (κ3) is 7.62. The second kappa shape index (κ2) is 12.1. The van der Waals surface area contributed by atoms with Gasteiger partial charge in [-0.2, -0.15) is 11.8 Å². The lowest BCUT2D eigenvalue weighted by atomic mass is 9.87. The first kappa shape index (κ1) is 23.5. The molecule has 0 radical (unpaired) electrons. The zero-order chi connectivity index (χ0) is 18.2. The van der Waals surface area contributed by atoms with Crippen LogP contribution < -0.4 is 11.1 Å². The number of carbonyl (C=O) groups excluding carboxylic acids is 2. The highest BCUT2D eigenvalue weighted by atomic mass is 35.5. The number of hydrogen-bond acceptors (Lipinski definition) is 5. The minimum Gasteiger partial charge on any atom is -0.352 e. The van der Waals surface area contributed by atoms with Gasteiger partial charge in [-0.15, -0.1) is 12.4 Å². The second-order valence-corrected chi connectivity index (χ2v) is 8.50. The normalized spacial score (nSPS) is 25.3. The van der Waals surface area contributed by atoms with Gasteiger partial charge in [-0.25, -0.2) is 0 Å². The van der Waals surface area contributed by atoms with Crippen LogP contribution in [0, 0.1) is 5.92 Å². The standard InChI is InChI=1S/C18H34N4O2S.ClH/c1-14-3-5-15(6-4-14)20-17(23)13-21-8-10-22(11-9-21)18(24)16(19)7-12-25-2;/h14-16H,3-13,19H2,1-2H3,(H,20,23);1H/t14?,15?,16-;/m0./s1. The predicted molar refractivity (Wildman–Crippen MR) is 111 cm³/mol. The highest BCUT2D eigenvalue weighted by molar-refractivity contribution is 7.98. The van der Waals surface area contributed by atoms with Gasteiger partial charge in [-0.3, -0.25) is 14.5 Å². The average Bonchev–Trinajstić information content (AvgIpc) is 2.61. The summed E-state index contributed by atoms with van der Waals surface area (Å²) in [7, 11) is 0. The predicted octanol–water partition coefficient (Wildman–Crippen LogP) is 1.33. The molecule has 152 valence electrons. The summed E-state index contributed by atoms with van der Waals surface area (Å²) in [6.07, 6.45) is 7.37. The minimum absolute atomic E-state index is 0. The van der Waals surface area contributed by atoms with Crippen LogP contribution in [0.5, 0.6) is 0 Å².